The molecular weight excluding hydrogens is 819 g/mol. The van der Waals surface area contributed by atoms with E-state index in [1.165, 1.54) is 38.5 Å². The van der Waals surface area contributed by atoms with Gasteiger partial charge in [-0.05, 0) is 83.5 Å². The lowest BCUT2D eigenvalue weighted by molar-refractivity contribution is -0.220. The molecule has 354 valence electrons. The predicted octanol–water partition coefficient (Wildman–Crippen LogP) is 7.47. The number of unbranched alkanes of at least 4 members (excludes halogenated alkanes) is 9. The van der Waals surface area contributed by atoms with Crippen LogP contribution in [0.5, 0.6) is 0 Å². The molecule has 0 aromatic heterocycles. The van der Waals surface area contributed by atoms with Crippen molar-refractivity contribution in [2.75, 3.05) is 13.2 Å². The van der Waals surface area contributed by atoms with Crippen LogP contribution in [0.15, 0.2) is 85.1 Å². The van der Waals surface area contributed by atoms with Crippen molar-refractivity contribution in [2.24, 2.45) is 0 Å². The summed E-state index contributed by atoms with van der Waals surface area (Å²) < 4.78 is 33.3. The zero-order valence-electron chi connectivity index (χ0n) is 37.0. The molecule has 0 amide bonds. The van der Waals surface area contributed by atoms with Crippen LogP contribution in [0, 0.1) is 0 Å². The van der Waals surface area contributed by atoms with E-state index >= 15 is 0 Å². The maximum atomic E-state index is 12.8. The largest absolute Gasteiger partial charge is 0.472 e. The van der Waals surface area contributed by atoms with Crippen molar-refractivity contribution in [3.8, 4) is 0 Å². The summed E-state index contributed by atoms with van der Waals surface area (Å²) in [5.41, 5.74) is 0. The van der Waals surface area contributed by atoms with Gasteiger partial charge in [0.15, 0.2) is 6.10 Å². The molecule has 0 bridgehead atoms. The first-order valence-corrected chi connectivity index (χ1v) is 24.0. The van der Waals surface area contributed by atoms with Gasteiger partial charge in [0.1, 0.15) is 43.2 Å². The number of carbonyl (C=O) groups excluding carboxylic acids is 2. The minimum absolute atomic E-state index is 0.0185. The highest BCUT2D eigenvalue weighted by atomic mass is 31.2. The van der Waals surface area contributed by atoms with Crippen LogP contribution in [-0.2, 0) is 32.7 Å². The van der Waals surface area contributed by atoms with Crippen LogP contribution in [0.4, 0.5) is 0 Å². The highest BCUT2D eigenvalue weighted by Gasteiger charge is 2.51. The highest BCUT2D eigenvalue weighted by Crippen LogP contribution is 2.47. The fourth-order valence-electron chi connectivity index (χ4n) is 6.07. The Labute approximate surface area is 370 Å². The molecule has 0 aromatic carbocycles. The van der Waals surface area contributed by atoms with E-state index in [4.69, 9.17) is 18.5 Å². The molecule has 14 nitrogen and oxygen atoms in total. The van der Waals surface area contributed by atoms with Crippen LogP contribution in [0.25, 0.3) is 0 Å². The van der Waals surface area contributed by atoms with Crippen molar-refractivity contribution < 1.29 is 68.2 Å². The molecule has 9 atom stereocenters. The first-order chi connectivity index (χ1) is 29.8. The fourth-order valence-corrected chi connectivity index (χ4v) is 7.04. The van der Waals surface area contributed by atoms with E-state index < -0.39 is 81.8 Å². The van der Waals surface area contributed by atoms with Crippen LogP contribution in [0.2, 0.25) is 0 Å². The lowest BCUT2D eigenvalue weighted by atomic mass is 9.85. The number of hydrogen-bond donors (Lipinski definition) is 7. The van der Waals surface area contributed by atoms with Gasteiger partial charge in [-0.1, -0.05) is 125 Å². The number of allylic oxidation sites excluding steroid dienone is 12. The zero-order valence-corrected chi connectivity index (χ0v) is 37.9. The molecule has 15 heteroatoms. The van der Waals surface area contributed by atoms with Crippen LogP contribution in [0.3, 0.4) is 0 Å². The highest BCUT2D eigenvalue weighted by molar-refractivity contribution is 7.47. The third kappa shape index (κ3) is 28.6. The Bertz CT molecular complexity index is 1420. The monoisotopic (exact) mass is 897 g/mol. The number of hydrogen-bond acceptors (Lipinski definition) is 13. The number of phosphoric ester groups is 1. The van der Waals surface area contributed by atoms with Gasteiger partial charge in [-0.2, -0.15) is 0 Å². The smallest absolute Gasteiger partial charge is 0.462 e. The Morgan fingerprint density at radius 2 is 1.06 bits per heavy atom. The van der Waals surface area contributed by atoms with E-state index in [9.17, 15) is 49.7 Å². The van der Waals surface area contributed by atoms with Gasteiger partial charge in [0, 0.05) is 12.8 Å². The zero-order chi connectivity index (χ0) is 45.9. The Morgan fingerprint density at radius 3 is 1.65 bits per heavy atom. The molecule has 7 N–H and O–H groups in total. The summed E-state index contributed by atoms with van der Waals surface area (Å²) in [6.07, 6.45) is 29.5. The summed E-state index contributed by atoms with van der Waals surface area (Å²) in [6.45, 7) is 3.06. The lowest BCUT2D eigenvalue weighted by Crippen LogP contribution is -2.64. The Morgan fingerprint density at radius 1 is 0.581 bits per heavy atom. The van der Waals surface area contributed by atoms with E-state index in [1.807, 2.05) is 42.5 Å². The predicted molar refractivity (Wildman–Crippen MR) is 241 cm³/mol. The Kier molecular flexibility index (Phi) is 33.4. The number of carbonyl (C=O) groups is 2. The number of aliphatic hydroxyl groups is 6. The minimum Gasteiger partial charge on any atom is -0.462 e. The number of ether oxygens (including phenoxy) is 2. The van der Waals surface area contributed by atoms with Crippen LogP contribution in [0.1, 0.15) is 136 Å². The van der Waals surface area contributed by atoms with Crippen LogP contribution < -0.4 is 0 Å². The molecule has 0 aliphatic heterocycles. The lowest BCUT2D eigenvalue weighted by Gasteiger charge is -2.41. The van der Waals surface area contributed by atoms with Crippen molar-refractivity contribution in [1.82, 2.24) is 0 Å². The molecule has 0 radical (unpaired) electrons. The summed E-state index contributed by atoms with van der Waals surface area (Å²) in [5.74, 6) is -1.26. The Hall–Kier alpha value is -3.01. The second-order valence-electron chi connectivity index (χ2n) is 15.4. The summed E-state index contributed by atoms with van der Waals surface area (Å²) in [5, 5.41) is 60.2. The summed E-state index contributed by atoms with van der Waals surface area (Å²) in [6, 6.07) is 0. The van der Waals surface area contributed by atoms with Gasteiger partial charge >= 0.3 is 19.8 Å². The molecule has 3 unspecified atom stereocenters. The van der Waals surface area contributed by atoms with E-state index in [1.54, 1.807) is 6.08 Å². The fraction of sp³-hybridized carbons (Fsp3) is 0.660. The number of aliphatic hydroxyl groups excluding tert-OH is 6. The first-order valence-electron chi connectivity index (χ1n) is 22.5. The molecule has 0 saturated heterocycles. The molecule has 1 rings (SSSR count). The quantitative estimate of drug-likeness (QED) is 0.0108. The minimum atomic E-state index is -5.16. The van der Waals surface area contributed by atoms with Gasteiger partial charge in [0.25, 0.3) is 0 Å². The van der Waals surface area contributed by atoms with E-state index in [-0.39, 0.29) is 12.8 Å². The van der Waals surface area contributed by atoms with Crippen molar-refractivity contribution in [2.45, 2.75) is 185 Å². The number of phosphoric acid groups is 1. The third-order valence-electron chi connectivity index (χ3n) is 9.79. The van der Waals surface area contributed by atoms with E-state index in [2.05, 4.69) is 50.3 Å². The van der Waals surface area contributed by atoms with Gasteiger partial charge < -0.3 is 45.0 Å². The standard InChI is InChI=1S/C47H77O14P/c1-3-5-7-9-11-12-13-14-15-16-17-18-22-27-31-35-41(50)60-39(37-59-62(56,57)61-47-45(54)43(52)42(51)44(53)46(47)55)36-58-40(49)34-30-26-23-19-21-25-29-33-38(48)32-28-24-20-10-8-6-4-2/h11-12,14-15,17-20,23-25,28-29,32,38-39,42-48,51-55H,3-10,13,16,21-22,26-27,30-31,33-37H2,1-2H3,(H,56,57)/b12-11-,15-14-,18-17-,23-19+,24-20-,29-25-,32-28-/t38-,39-,42?,43-,44+,45-,46-,47?/m1/s1. The molecule has 62 heavy (non-hydrogen) atoms. The molecule has 0 heterocycles. The molecular formula is C47H77O14P. The molecule has 0 spiro atoms. The average Bonchev–Trinajstić information content (AvgIpc) is 3.25. The molecule has 1 fully saturated rings. The Balaban J connectivity index is 2.58. The molecule has 0 aromatic rings. The second kappa shape index (κ2) is 36.3. The average molecular weight is 897 g/mol. The maximum Gasteiger partial charge on any atom is 0.472 e. The van der Waals surface area contributed by atoms with Gasteiger partial charge in [-0.25, -0.2) is 4.57 Å². The van der Waals surface area contributed by atoms with Crippen molar-refractivity contribution in [3.05, 3.63) is 85.1 Å². The molecule has 1 saturated carbocycles. The summed E-state index contributed by atoms with van der Waals surface area (Å²) in [4.78, 5) is 35.6. The summed E-state index contributed by atoms with van der Waals surface area (Å²) in [7, 11) is -5.16. The van der Waals surface area contributed by atoms with Gasteiger partial charge in [0.2, 0.25) is 0 Å². The van der Waals surface area contributed by atoms with E-state index in [0.717, 1.165) is 32.1 Å². The maximum absolute atomic E-state index is 12.8. The van der Waals surface area contributed by atoms with Gasteiger partial charge in [-0.3, -0.25) is 18.6 Å². The molecule has 1 aliphatic carbocycles. The molecule has 1 aliphatic rings. The second-order valence-corrected chi connectivity index (χ2v) is 16.8. The van der Waals surface area contributed by atoms with E-state index in [0.29, 0.717) is 38.5 Å². The van der Waals surface area contributed by atoms with Crippen molar-refractivity contribution >= 4 is 19.8 Å². The topological polar surface area (TPSA) is 230 Å². The normalized spacial score (nSPS) is 23.2. The number of rotatable bonds is 35. The number of esters is 2. The first kappa shape index (κ1) is 57.0. The SMILES string of the molecule is CCCCC/C=C\C=C/[C@@H](O)C/C=C\C/C=C/CCCC(=O)OC[C@H](COP(=O)(O)OC1[C@H](O)[C@H](O)C(O)[C@H](O)[C@H]1O)OC(=O)CCCC/C=C\C/C=C\C/C=C\CCCCC. The summed E-state index contributed by atoms with van der Waals surface area (Å²) >= 11 is 0. The van der Waals surface area contributed by atoms with Gasteiger partial charge in [-0.15, -0.1) is 0 Å². The van der Waals surface area contributed by atoms with Gasteiger partial charge in [0.05, 0.1) is 12.7 Å². The van der Waals surface area contributed by atoms with Crippen LogP contribution in [-0.4, -0.2) is 110 Å². The van der Waals surface area contributed by atoms with Crippen LogP contribution >= 0.6 is 7.82 Å². The van der Waals surface area contributed by atoms with Crippen molar-refractivity contribution in [3.63, 3.8) is 0 Å². The third-order valence-corrected chi connectivity index (χ3v) is 10.8. The van der Waals surface area contributed by atoms with Crippen molar-refractivity contribution in [1.29, 1.82) is 0 Å².